The van der Waals surface area contributed by atoms with E-state index in [9.17, 15) is 14.0 Å². The van der Waals surface area contributed by atoms with E-state index in [0.29, 0.717) is 0 Å². The molecule has 1 heterocycles. The summed E-state index contributed by atoms with van der Waals surface area (Å²) in [5, 5.41) is 9.13. The summed E-state index contributed by atoms with van der Waals surface area (Å²) in [6.45, 7) is 3.73. The van der Waals surface area contributed by atoms with Crippen LogP contribution in [0.3, 0.4) is 0 Å². The smallest absolute Gasteiger partial charge is 0.238 e. The van der Waals surface area contributed by atoms with Gasteiger partial charge in [-0.25, -0.2) is 9.29 Å². The topological polar surface area (TPSA) is 57.6 Å². The molecule has 2 amide bonds. The number of phenolic OH excluding ortho intramolecular Hbond substituents is 1. The van der Waals surface area contributed by atoms with E-state index in [1.165, 1.54) is 12.1 Å². The first-order valence-corrected chi connectivity index (χ1v) is 5.72. The molecule has 2 atom stereocenters. The van der Waals surface area contributed by atoms with Crippen LogP contribution in [0.1, 0.15) is 13.8 Å². The number of hydrogen-bond acceptors (Lipinski definition) is 3. The Kier molecular flexibility index (Phi) is 1.93. The maximum absolute atomic E-state index is 13.7. The summed E-state index contributed by atoms with van der Waals surface area (Å²) in [6.07, 6.45) is 0. The Hall–Kier alpha value is -1.91. The zero-order valence-corrected chi connectivity index (χ0v) is 9.98. The first kappa shape index (κ1) is 11.2. The van der Waals surface area contributed by atoms with Crippen molar-refractivity contribution in [3.63, 3.8) is 0 Å². The number of amides is 2. The summed E-state index contributed by atoms with van der Waals surface area (Å²) in [5.41, 5.74) is -0.385. The predicted molar refractivity (Wildman–Crippen MR) is 61.3 cm³/mol. The van der Waals surface area contributed by atoms with Gasteiger partial charge in [0.2, 0.25) is 11.8 Å². The standard InChI is InChI=1S/C13H12FNO3/c1-13(2)9-10(13)12(18)15(11(9)17)8-4-3-6(16)5-7(8)14/h3-5,9-10,16H,1-2H3. The van der Waals surface area contributed by atoms with Gasteiger partial charge < -0.3 is 5.11 Å². The number of hydrogen-bond donors (Lipinski definition) is 1. The van der Waals surface area contributed by atoms with Crippen LogP contribution in [-0.2, 0) is 9.59 Å². The van der Waals surface area contributed by atoms with Crippen molar-refractivity contribution in [2.45, 2.75) is 13.8 Å². The van der Waals surface area contributed by atoms with Gasteiger partial charge in [-0.3, -0.25) is 9.59 Å². The van der Waals surface area contributed by atoms with E-state index in [4.69, 9.17) is 5.11 Å². The SMILES string of the molecule is CC1(C)C2C(=O)N(c3ccc(O)cc3F)C(=O)C21. The van der Waals surface area contributed by atoms with E-state index in [0.717, 1.165) is 11.0 Å². The summed E-state index contributed by atoms with van der Waals surface area (Å²) >= 11 is 0. The molecule has 0 radical (unpaired) electrons. The molecule has 1 aromatic carbocycles. The number of phenols is 1. The Morgan fingerprint density at radius 1 is 1.22 bits per heavy atom. The predicted octanol–water partition coefficient (Wildman–Crippen LogP) is 1.68. The number of nitrogens with zero attached hydrogens (tertiary/aromatic N) is 1. The minimum absolute atomic E-state index is 0.0780. The Balaban J connectivity index is 2.01. The molecule has 1 aliphatic heterocycles. The lowest BCUT2D eigenvalue weighted by atomic mass is 10.1. The first-order chi connectivity index (χ1) is 8.35. The fraction of sp³-hybridized carbons (Fsp3) is 0.385. The molecule has 2 aliphatic rings. The Morgan fingerprint density at radius 3 is 2.28 bits per heavy atom. The van der Waals surface area contributed by atoms with E-state index in [1.807, 2.05) is 13.8 Å². The van der Waals surface area contributed by atoms with Crippen LogP contribution in [0.4, 0.5) is 10.1 Å². The maximum atomic E-state index is 13.7. The molecule has 2 unspecified atom stereocenters. The number of imide groups is 1. The van der Waals surface area contributed by atoms with E-state index in [-0.39, 0.29) is 40.5 Å². The molecule has 0 spiro atoms. The molecule has 2 fully saturated rings. The fourth-order valence-electron chi connectivity index (χ4n) is 2.86. The van der Waals surface area contributed by atoms with Crippen LogP contribution in [0.2, 0.25) is 0 Å². The van der Waals surface area contributed by atoms with Crippen LogP contribution >= 0.6 is 0 Å². The number of piperidine rings is 1. The van der Waals surface area contributed by atoms with Crippen molar-refractivity contribution in [2.75, 3.05) is 4.90 Å². The van der Waals surface area contributed by atoms with Crippen LogP contribution in [0.5, 0.6) is 5.75 Å². The van der Waals surface area contributed by atoms with Crippen LogP contribution in [0, 0.1) is 23.1 Å². The molecule has 1 N–H and O–H groups in total. The summed E-state index contributed by atoms with van der Waals surface area (Å²) in [7, 11) is 0. The Labute approximate surface area is 103 Å². The van der Waals surface area contributed by atoms with Crippen molar-refractivity contribution in [3.05, 3.63) is 24.0 Å². The Bertz CT molecular complexity index is 558. The van der Waals surface area contributed by atoms with Crippen LogP contribution < -0.4 is 4.90 Å². The van der Waals surface area contributed by atoms with Gasteiger partial charge >= 0.3 is 0 Å². The van der Waals surface area contributed by atoms with Crippen molar-refractivity contribution < 1.29 is 19.1 Å². The number of aromatic hydroxyl groups is 1. The zero-order chi connectivity index (χ0) is 13.2. The van der Waals surface area contributed by atoms with Gasteiger partial charge in [0.15, 0.2) is 5.82 Å². The monoisotopic (exact) mass is 249 g/mol. The number of rotatable bonds is 1. The molecule has 1 aliphatic carbocycles. The first-order valence-electron chi connectivity index (χ1n) is 5.72. The molecule has 18 heavy (non-hydrogen) atoms. The maximum Gasteiger partial charge on any atom is 0.238 e. The van der Waals surface area contributed by atoms with Crippen LogP contribution in [0.25, 0.3) is 0 Å². The van der Waals surface area contributed by atoms with Gasteiger partial charge in [0.25, 0.3) is 0 Å². The van der Waals surface area contributed by atoms with Crippen molar-refractivity contribution in [1.29, 1.82) is 0 Å². The molecule has 4 nitrogen and oxygen atoms in total. The second-order valence-corrected chi connectivity index (χ2v) is 5.42. The molecule has 0 bridgehead atoms. The highest BCUT2D eigenvalue weighted by Crippen LogP contribution is 2.63. The number of carbonyl (C=O) groups excluding carboxylic acids is 2. The highest BCUT2D eigenvalue weighted by Gasteiger charge is 2.72. The summed E-state index contributed by atoms with van der Waals surface area (Å²) in [6, 6.07) is 3.40. The summed E-state index contributed by atoms with van der Waals surface area (Å²) in [4.78, 5) is 25.1. The van der Waals surface area contributed by atoms with Crippen molar-refractivity contribution in [2.24, 2.45) is 17.3 Å². The van der Waals surface area contributed by atoms with Gasteiger partial charge in [0, 0.05) is 6.07 Å². The Morgan fingerprint density at radius 2 is 1.78 bits per heavy atom. The lowest BCUT2D eigenvalue weighted by Crippen LogP contribution is -2.36. The normalized spacial score (nSPS) is 28.5. The van der Waals surface area contributed by atoms with Crippen molar-refractivity contribution in [1.82, 2.24) is 0 Å². The molecule has 1 aromatic rings. The van der Waals surface area contributed by atoms with Gasteiger partial charge in [0.1, 0.15) is 5.75 Å². The lowest BCUT2D eigenvalue weighted by Gasteiger charge is -2.20. The second-order valence-electron chi connectivity index (χ2n) is 5.42. The van der Waals surface area contributed by atoms with Crippen molar-refractivity contribution in [3.8, 4) is 5.75 Å². The molecule has 1 saturated heterocycles. The number of anilines is 1. The molecule has 94 valence electrons. The molecule has 1 saturated carbocycles. The number of fused-ring (bicyclic) bond motifs is 1. The van der Waals surface area contributed by atoms with E-state index < -0.39 is 5.82 Å². The minimum Gasteiger partial charge on any atom is -0.508 e. The summed E-state index contributed by atoms with van der Waals surface area (Å²) in [5.74, 6) is -2.37. The molecular weight excluding hydrogens is 237 g/mol. The fourth-order valence-corrected chi connectivity index (χ4v) is 2.86. The van der Waals surface area contributed by atoms with Crippen LogP contribution in [0.15, 0.2) is 18.2 Å². The number of halogens is 1. The average Bonchev–Trinajstić information content (AvgIpc) is 2.72. The quantitative estimate of drug-likeness (QED) is 0.770. The number of carbonyl (C=O) groups is 2. The van der Waals surface area contributed by atoms with E-state index in [1.54, 1.807) is 0 Å². The van der Waals surface area contributed by atoms with Gasteiger partial charge in [-0.05, 0) is 17.5 Å². The minimum atomic E-state index is -0.768. The third-order valence-corrected chi connectivity index (χ3v) is 3.97. The number of benzene rings is 1. The van der Waals surface area contributed by atoms with Crippen molar-refractivity contribution >= 4 is 17.5 Å². The second kappa shape index (κ2) is 3.10. The zero-order valence-electron chi connectivity index (χ0n) is 9.98. The molecular formula is C13H12FNO3. The molecule has 3 rings (SSSR count). The third-order valence-electron chi connectivity index (χ3n) is 3.97. The lowest BCUT2D eigenvalue weighted by molar-refractivity contribution is -0.125. The molecule has 5 heteroatoms. The van der Waals surface area contributed by atoms with E-state index >= 15 is 0 Å². The molecule has 0 aromatic heterocycles. The largest absolute Gasteiger partial charge is 0.508 e. The van der Waals surface area contributed by atoms with Gasteiger partial charge in [-0.1, -0.05) is 13.8 Å². The highest BCUT2D eigenvalue weighted by atomic mass is 19.1. The van der Waals surface area contributed by atoms with Crippen LogP contribution in [-0.4, -0.2) is 16.9 Å². The van der Waals surface area contributed by atoms with Gasteiger partial charge in [-0.2, -0.15) is 0 Å². The average molecular weight is 249 g/mol. The summed E-state index contributed by atoms with van der Waals surface area (Å²) < 4.78 is 13.7. The van der Waals surface area contributed by atoms with E-state index in [2.05, 4.69) is 0 Å². The third kappa shape index (κ3) is 1.19. The highest BCUT2D eigenvalue weighted by molar-refractivity contribution is 6.25. The van der Waals surface area contributed by atoms with Gasteiger partial charge in [-0.15, -0.1) is 0 Å². The van der Waals surface area contributed by atoms with Gasteiger partial charge in [0.05, 0.1) is 17.5 Å².